The van der Waals surface area contributed by atoms with Crippen molar-refractivity contribution in [1.29, 1.82) is 0 Å². The van der Waals surface area contributed by atoms with E-state index in [4.69, 9.17) is 0 Å². The fraction of sp³-hybridized carbons (Fsp3) is 0.188. The number of aromatic nitrogens is 4. The lowest BCUT2D eigenvalue weighted by molar-refractivity contribution is 0.703. The Hall–Kier alpha value is -2.41. The Morgan fingerprint density at radius 3 is 2.74 bits per heavy atom. The highest BCUT2D eigenvalue weighted by Gasteiger charge is 2.06. The van der Waals surface area contributed by atoms with E-state index in [9.17, 15) is 4.79 Å². The number of nitrogens with one attached hydrogen (secondary N) is 1. The molecule has 118 valence electrons. The van der Waals surface area contributed by atoms with Gasteiger partial charge in [0.1, 0.15) is 4.47 Å². The Kier molecular flexibility index (Phi) is 4.57. The Morgan fingerprint density at radius 2 is 1.96 bits per heavy atom. The van der Waals surface area contributed by atoms with Crippen LogP contribution in [0, 0.1) is 0 Å². The van der Waals surface area contributed by atoms with Gasteiger partial charge in [0.05, 0.1) is 23.8 Å². The van der Waals surface area contributed by atoms with Crippen molar-refractivity contribution in [2.45, 2.75) is 6.42 Å². The molecule has 3 rings (SSSR count). The fourth-order valence-corrected chi connectivity index (χ4v) is 2.69. The minimum atomic E-state index is -0.160. The summed E-state index contributed by atoms with van der Waals surface area (Å²) < 4.78 is 3.64. The average molecular weight is 374 g/mol. The Labute approximate surface area is 141 Å². The van der Waals surface area contributed by atoms with Crippen molar-refractivity contribution in [1.82, 2.24) is 19.6 Å². The number of hydrogen-bond donors (Lipinski definition) is 1. The zero-order valence-corrected chi connectivity index (χ0v) is 14.2. The SMILES string of the molecule is Cn1ncc(NCCc2cnn(-c3ccccc3)c2)c(Br)c1=O. The van der Waals surface area contributed by atoms with Gasteiger partial charge in [0.25, 0.3) is 5.56 Å². The molecule has 0 spiro atoms. The summed E-state index contributed by atoms with van der Waals surface area (Å²) in [6.45, 7) is 0.688. The van der Waals surface area contributed by atoms with Gasteiger partial charge < -0.3 is 5.32 Å². The molecule has 0 unspecified atom stereocenters. The van der Waals surface area contributed by atoms with E-state index in [-0.39, 0.29) is 5.56 Å². The first-order valence-corrected chi connectivity index (χ1v) is 7.99. The van der Waals surface area contributed by atoms with Crippen LogP contribution in [0.25, 0.3) is 5.69 Å². The summed E-state index contributed by atoms with van der Waals surface area (Å²) in [6.07, 6.45) is 6.30. The number of nitrogens with zero attached hydrogens (tertiary/aromatic N) is 4. The number of para-hydroxylation sites is 1. The number of rotatable bonds is 5. The van der Waals surface area contributed by atoms with Gasteiger partial charge in [0, 0.05) is 19.8 Å². The summed E-state index contributed by atoms with van der Waals surface area (Å²) in [7, 11) is 1.62. The largest absolute Gasteiger partial charge is 0.382 e. The van der Waals surface area contributed by atoms with Gasteiger partial charge >= 0.3 is 0 Å². The maximum Gasteiger partial charge on any atom is 0.282 e. The number of halogens is 1. The van der Waals surface area contributed by atoms with E-state index >= 15 is 0 Å². The van der Waals surface area contributed by atoms with E-state index in [0.29, 0.717) is 16.7 Å². The first-order valence-electron chi connectivity index (χ1n) is 7.20. The molecule has 0 amide bonds. The summed E-state index contributed by atoms with van der Waals surface area (Å²) in [6, 6.07) is 9.97. The average Bonchev–Trinajstić information content (AvgIpc) is 3.05. The van der Waals surface area contributed by atoms with Gasteiger partial charge in [-0.05, 0) is 40.0 Å². The summed E-state index contributed by atoms with van der Waals surface area (Å²) in [5.74, 6) is 0. The fourth-order valence-electron chi connectivity index (χ4n) is 2.19. The van der Waals surface area contributed by atoms with Crippen molar-refractivity contribution in [2.24, 2.45) is 7.05 Å². The lowest BCUT2D eigenvalue weighted by Crippen LogP contribution is -2.21. The molecule has 0 saturated carbocycles. The predicted molar refractivity (Wildman–Crippen MR) is 92.9 cm³/mol. The van der Waals surface area contributed by atoms with E-state index in [2.05, 4.69) is 31.4 Å². The summed E-state index contributed by atoms with van der Waals surface area (Å²) in [5, 5.41) is 11.6. The Balaban J connectivity index is 1.63. The van der Waals surface area contributed by atoms with Gasteiger partial charge in [0.15, 0.2) is 0 Å². The normalized spacial score (nSPS) is 10.7. The first kappa shape index (κ1) is 15.5. The standard InChI is InChI=1S/C16H16BrN5O/c1-21-16(23)15(17)14(10-19-21)18-8-7-12-9-20-22(11-12)13-5-3-2-4-6-13/h2-6,9-11,18H,7-8H2,1H3. The zero-order valence-electron chi connectivity index (χ0n) is 12.6. The molecule has 7 heteroatoms. The lowest BCUT2D eigenvalue weighted by atomic mass is 10.2. The van der Waals surface area contributed by atoms with Crippen LogP contribution in [0.4, 0.5) is 5.69 Å². The second kappa shape index (κ2) is 6.78. The minimum Gasteiger partial charge on any atom is -0.382 e. The molecule has 0 radical (unpaired) electrons. The molecule has 0 atom stereocenters. The quantitative estimate of drug-likeness (QED) is 0.745. The van der Waals surface area contributed by atoms with Gasteiger partial charge in [-0.25, -0.2) is 9.36 Å². The van der Waals surface area contributed by atoms with E-state index in [1.54, 1.807) is 13.2 Å². The highest BCUT2D eigenvalue weighted by molar-refractivity contribution is 9.10. The van der Waals surface area contributed by atoms with E-state index < -0.39 is 0 Å². The molecule has 2 aromatic heterocycles. The Bertz CT molecular complexity index is 856. The molecule has 3 aromatic rings. The van der Waals surface area contributed by atoms with Crippen LogP contribution in [0.1, 0.15) is 5.56 Å². The molecule has 0 fully saturated rings. The summed E-state index contributed by atoms with van der Waals surface area (Å²) in [4.78, 5) is 11.8. The molecule has 23 heavy (non-hydrogen) atoms. The second-order valence-corrected chi connectivity index (χ2v) is 5.90. The number of hydrogen-bond acceptors (Lipinski definition) is 4. The van der Waals surface area contributed by atoms with Gasteiger partial charge in [-0.1, -0.05) is 18.2 Å². The van der Waals surface area contributed by atoms with Crippen molar-refractivity contribution in [2.75, 3.05) is 11.9 Å². The summed E-state index contributed by atoms with van der Waals surface area (Å²) in [5.41, 5.74) is 2.69. The molecular formula is C16H16BrN5O. The molecule has 1 aromatic carbocycles. The third-order valence-corrected chi connectivity index (χ3v) is 4.23. The van der Waals surface area contributed by atoms with E-state index in [1.165, 1.54) is 4.68 Å². The van der Waals surface area contributed by atoms with Crippen LogP contribution >= 0.6 is 15.9 Å². The van der Waals surface area contributed by atoms with Crippen LogP contribution in [0.5, 0.6) is 0 Å². The van der Waals surface area contributed by atoms with Gasteiger partial charge in [-0.3, -0.25) is 4.79 Å². The van der Waals surface area contributed by atoms with Gasteiger partial charge in [-0.2, -0.15) is 10.2 Å². The third-order valence-electron chi connectivity index (χ3n) is 3.46. The number of benzene rings is 1. The molecular weight excluding hydrogens is 358 g/mol. The van der Waals surface area contributed by atoms with Gasteiger partial charge in [-0.15, -0.1) is 0 Å². The maximum absolute atomic E-state index is 11.8. The van der Waals surface area contributed by atoms with Crippen LogP contribution in [-0.2, 0) is 13.5 Å². The first-order chi connectivity index (χ1) is 11.1. The van der Waals surface area contributed by atoms with Crippen molar-refractivity contribution in [3.05, 3.63) is 69.3 Å². The number of anilines is 1. The smallest absolute Gasteiger partial charge is 0.282 e. The van der Waals surface area contributed by atoms with Crippen molar-refractivity contribution >= 4 is 21.6 Å². The number of aryl methyl sites for hydroxylation is 1. The topological polar surface area (TPSA) is 64.7 Å². The molecule has 0 aliphatic heterocycles. The third kappa shape index (κ3) is 3.50. The molecule has 2 heterocycles. The Morgan fingerprint density at radius 1 is 1.17 bits per heavy atom. The second-order valence-electron chi connectivity index (χ2n) is 5.11. The predicted octanol–water partition coefficient (Wildman–Crippen LogP) is 2.38. The molecule has 1 N–H and O–H groups in total. The van der Waals surface area contributed by atoms with Crippen molar-refractivity contribution in [3.63, 3.8) is 0 Å². The highest BCUT2D eigenvalue weighted by Crippen LogP contribution is 2.16. The van der Waals surface area contributed by atoms with Crippen LogP contribution in [-0.4, -0.2) is 26.1 Å². The van der Waals surface area contributed by atoms with Crippen LogP contribution in [0.3, 0.4) is 0 Å². The van der Waals surface area contributed by atoms with Gasteiger partial charge in [0.2, 0.25) is 0 Å². The monoisotopic (exact) mass is 373 g/mol. The van der Waals surface area contributed by atoms with E-state index in [0.717, 1.165) is 17.7 Å². The highest BCUT2D eigenvalue weighted by atomic mass is 79.9. The molecule has 6 nitrogen and oxygen atoms in total. The van der Waals surface area contributed by atoms with Crippen LogP contribution in [0.2, 0.25) is 0 Å². The minimum absolute atomic E-state index is 0.160. The lowest BCUT2D eigenvalue weighted by Gasteiger charge is -2.07. The molecule has 0 aliphatic carbocycles. The molecule has 0 saturated heterocycles. The zero-order chi connectivity index (χ0) is 16.2. The summed E-state index contributed by atoms with van der Waals surface area (Å²) >= 11 is 3.30. The van der Waals surface area contributed by atoms with Crippen LogP contribution < -0.4 is 10.9 Å². The van der Waals surface area contributed by atoms with E-state index in [1.807, 2.05) is 47.4 Å². The van der Waals surface area contributed by atoms with Crippen LogP contribution in [0.15, 0.2) is 58.2 Å². The molecule has 0 bridgehead atoms. The van der Waals surface area contributed by atoms with Crippen molar-refractivity contribution in [3.8, 4) is 5.69 Å². The molecule has 0 aliphatic rings. The van der Waals surface area contributed by atoms with Crippen molar-refractivity contribution < 1.29 is 0 Å². The maximum atomic E-state index is 11.8.